The number of aliphatic hydroxyl groups is 1. The van der Waals surface area contributed by atoms with Crippen LogP contribution in [0.25, 0.3) is 0 Å². The standard InChI is InChI=1S/C86H168O17P2/c1-7-11-13-15-17-19-21-23-25-26-27-31-34-38-41-45-49-56-62-68-83(88)96-74-81(102-85(90)71-65-59-51-47-43-39-35-32-29-28-30-33-36-40-44-48-54-60-66-78(5)9-3)76-100-104(92,93)98-72-80(87)73-99-105(94,95)101-77-82(75-97-84(89)69-63-57-53-52-55-61-67-79(6)10-4)103-86(91)70-64-58-50-46-42-37-24-22-20-18-16-14-12-8-2/h78-82,87H,7-77H2,1-6H3,(H,92,93)(H,94,95)/t78?,79?,80-,81-,82-/m1/s1. The third-order valence-corrected chi connectivity index (χ3v) is 22.8. The molecule has 0 saturated heterocycles. The Morgan fingerprint density at radius 2 is 0.457 bits per heavy atom. The number of carbonyl (C=O) groups is 4. The summed E-state index contributed by atoms with van der Waals surface area (Å²) in [6, 6.07) is 0. The molecule has 105 heavy (non-hydrogen) atoms. The Balaban J connectivity index is 5.22. The smallest absolute Gasteiger partial charge is 0.462 e. The lowest BCUT2D eigenvalue weighted by molar-refractivity contribution is -0.161. The highest BCUT2D eigenvalue weighted by atomic mass is 31.2. The van der Waals surface area contributed by atoms with Crippen LogP contribution in [-0.4, -0.2) is 96.7 Å². The van der Waals surface area contributed by atoms with E-state index >= 15 is 0 Å². The topological polar surface area (TPSA) is 237 Å². The van der Waals surface area contributed by atoms with Crippen LogP contribution in [0, 0.1) is 11.8 Å². The van der Waals surface area contributed by atoms with Gasteiger partial charge < -0.3 is 33.8 Å². The SMILES string of the molecule is CCCCCCCCCCCCCCCCCCCCCC(=O)OC[C@H](COP(=O)(O)OC[C@@H](O)COP(=O)(O)OC[C@@H](COC(=O)CCCCCCCCC(C)CC)OC(=O)CCCCCCCCCCCCCCCC)OC(=O)CCCCCCCCCCCCCCCCCCCCC(C)CC. The van der Waals surface area contributed by atoms with Gasteiger partial charge in [0.05, 0.1) is 26.4 Å². The van der Waals surface area contributed by atoms with E-state index < -0.39 is 97.5 Å². The van der Waals surface area contributed by atoms with Gasteiger partial charge in [0.25, 0.3) is 0 Å². The summed E-state index contributed by atoms with van der Waals surface area (Å²) in [6.45, 7) is 9.70. The van der Waals surface area contributed by atoms with Crippen molar-refractivity contribution in [1.29, 1.82) is 0 Å². The number of phosphoric ester groups is 2. The first kappa shape index (κ1) is 103. The molecule has 3 N–H and O–H groups in total. The molecular formula is C86H168O17P2. The highest BCUT2D eigenvalue weighted by Gasteiger charge is 2.30. The van der Waals surface area contributed by atoms with E-state index in [2.05, 4.69) is 41.5 Å². The number of hydrogen-bond donors (Lipinski definition) is 3. The zero-order chi connectivity index (χ0) is 77.1. The molecule has 0 spiro atoms. The predicted octanol–water partition coefficient (Wildman–Crippen LogP) is 26.2. The molecule has 0 amide bonds. The first-order valence-electron chi connectivity index (χ1n) is 44.6. The van der Waals surface area contributed by atoms with Crippen molar-refractivity contribution >= 4 is 39.5 Å². The minimum Gasteiger partial charge on any atom is -0.462 e. The molecule has 7 atom stereocenters. The van der Waals surface area contributed by atoms with Crippen LogP contribution >= 0.6 is 15.6 Å². The van der Waals surface area contributed by atoms with Crippen LogP contribution in [0.15, 0.2) is 0 Å². The van der Waals surface area contributed by atoms with Crippen LogP contribution in [0.4, 0.5) is 0 Å². The Morgan fingerprint density at radius 1 is 0.267 bits per heavy atom. The van der Waals surface area contributed by atoms with Gasteiger partial charge in [0.1, 0.15) is 19.3 Å². The fourth-order valence-corrected chi connectivity index (χ4v) is 14.9. The lowest BCUT2D eigenvalue weighted by Crippen LogP contribution is -2.30. The van der Waals surface area contributed by atoms with Crippen molar-refractivity contribution in [3.8, 4) is 0 Å². The van der Waals surface area contributed by atoms with E-state index in [1.807, 2.05) is 0 Å². The molecule has 0 bridgehead atoms. The molecule has 17 nitrogen and oxygen atoms in total. The number of unbranched alkanes of at least 4 members (excludes halogenated alkanes) is 53. The number of hydrogen-bond acceptors (Lipinski definition) is 15. The maximum absolute atomic E-state index is 13.1. The molecular weight excluding hydrogens is 1370 g/mol. The van der Waals surface area contributed by atoms with E-state index in [1.54, 1.807) is 0 Å². The van der Waals surface area contributed by atoms with Crippen molar-refractivity contribution < 1.29 is 80.2 Å². The normalized spacial score (nSPS) is 14.3. The fourth-order valence-electron chi connectivity index (χ4n) is 13.4. The summed E-state index contributed by atoms with van der Waals surface area (Å²) in [4.78, 5) is 73.2. The van der Waals surface area contributed by atoms with Crippen molar-refractivity contribution in [2.75, 3.05) is 39.6 Å². The van der Waals surface area contributed by atoms with E-state index in [-0.39, 0.29) is 25.7 Å². The molecule has 0 rings (SSSR count). The van der Waals surface area contributed by atoms with Crippen molar-refractivity contribution in [1.82, 2.24) is 0 Å². The maximum Gasteiger partial charge on any atom is 0.472 e. The maximum atomic E-state index is 13.1. The number of aliphatic hydroxyl groups excluding tert-OH is 1. The molecule has 0 fully saturated rings. The predicted molar refractivity (Wildman–Crippen MR) is 432 cm³/mol. The molecule has 0 aliphatic heterocycles. The Kier molecular flexibility index (Phi) is 76.0. The molecule has 624 valence electrons. The first-order valence-corrected chi connectivity index (χ1v) is 47.6. The fraction of sp³-hybridized carbons (Fsp3) is 0.953. The summed E-state index contributed by atoms with van der Waals surface area (Å²) in [5.41, 5.74) is 0. The van der Waals surface area contributed by atoms with E-state index in [1.165, 1.54) is 270 Å². The summed E-state index contributed by atoms with van der Waals surface area (Å²) in [7, 11) is -9.93. The lowest BCUT2D eigenvalue weighted by atomic mass is 9.99. The zero-order valence-corrected chi connectivity index (χ0v) is 70.8. The first-order chi connectivity index (χ1) is 50.9. The van der Waals surface area contributed by atoms with Crippen LogP contribution in [0.1, 0.15) is 459 Å². The lowest BCUT2D eigenvalue weighted by Gasteiger charge is -2.21. The summed E-state index contributed by atoms with van der Waals surface area (Å²) in [6.07, 6.45) is 69.5. The van der Waals surface area contributed by atoms with Gasteiger partial charge in [-0.3, -0.25) is 37.3 Å². The van der Waals surface area contributed by atoms with Crippen molar-refractivity contribution in [2.24, 2.45) is 11.8 Å². The van der Waals surface area contributed by atoms with E-state index in [0.29, 0.717) is 25.7 Å². The van der Waals surface area contributed by atoms with E-state index in [9.17, 15) is 43.2 Å². The number of esters is 4. The molecule has 0 aromatic carbocycles. The van der Waals surface area contributed by atoms with Gasteiger partial charge in [0.15, 0.2) is 12.2 Å². The number of carbonyl (C=O) groups excluding carboxylic acids is 4. The molecule has 0 aliphatic carbocycles. The quantitative estimate of drug-likeness (QED) is 0.0222. The second-order valence-electron chi connectivity index (χ2n) is 31.4. The monoisotopic (exact) mass is 1540 g/mol. The Hall–Kier alpha value is -1.94. The second-order valence-corrected chi connectivity index (χ2v) is 34.3. The number of phosphoric acid groups is 2. The van der Waals surface area contributed by atoms with E-state index in [0.717, 1.165) is 108 Å². The highest BCUT2D eigenvalue weighted by Crippen LogP contribution is 2.45. The van der Waals surface area contributed by atoms with Gasteiger partial charge in [-0.25, -0.2) is 9.13 Å². The van der Waals surface area contributed by atoms with Crippen LogP contribution in [-0.2, 0) is 65.4 Å². The van der Waals surface area contributed by atoms with Crippen LogP contribution in [0.5, 0.6) is 0 Å². The van der Waals surface area contributed by atoms with Gasteiger partial charge in [-0.05, 0) is 37.5 Å². The Labute approximate surface area is 645 Å². The van der Waals surface area contributed by atoms with Crippen LogP contribution in [0.3, 0.4) is 0 Å². The van der Waals surface area contributed by atoms with Crippen molar-refractivity contribution in [3.05, 3.63) is 0 Å². The molecule has 0 heterocycles. The summed E-state index contributed by atoms with van der Waals surface area (Å²) < 4.78 is 68.9. The van der Waals surface area contributed by atoms with Gasteiger partial charge in [-0.15, -0.1) is 0 Å². The number of ether oxygens (including phenoxy) is 4. The minimum atomic E-state index is -4.97. The van der Waals surface area contributed by atoms with Gasteiger partial charge in [0.2, 0.25) is 0 Å². The summed E-state index contributed by atoms with van der Waals surface area (Å²) >= 11 is 0. The average Bonchev–Trinajstić information content (AvgIpc) is 0.904. The van der Waals surface area contributed by atoms with Crippen molar-refractivity contribution in [3.63, 3.8) is 0 Å². The van der Waals surface area contributed by atoms with E-state index in [4.69, 9.17) is 37.0 Å². The Morgan fingerprint density at radius 3 is 0.676 bits per heavy atom. The molecule has 0 radical (unpaired) electrons. The third kappa shape index (κ3) is 77.2. The molecule has 19 heteroatoms. The summed E-state index contributed by atoms with van der Waals surface area (Å²) in [5, 5.41) is 10.7. The van der Waals surface area contributed by atoms with Gasteiger partial charge >= 0.3 is 39.5 Å². The van der Waals surface area contributed by atoms with Gasteiger partial charge in [-0.2, -0.15) is 0 Å². The van der Waals surface area contributed by atoms with Gasteiger partial charge in [-0.1, -0.05) is 408 Å². The number of rotatable bonds is 85. The average molecular weight is 1540 g/mol. The molecule has 0 saturated carbocycles. The zero-order valence-electron chi connectivity index (χ0n) is 69.0. The largest absolute Gasteiger partial charge is 0.472 e. The van der Waals surface area contributed by atoms with Crippen LogP contribution < -0.4 is 0 Å². The molecule has 0 aromatic rings. The second kappa shape index (κ2) is 77.4. The minimum absolute atomic E-state index is 0.107. The third-order valence-electron chi connectivity index (χ3n) is 20.9. The molecule has 0 aliphatic rings. The summed E-state index contributed by atoms with van der Waals surface area (Å²) in [5.74, 6) is -0.501. The van der Waals surface area contributed by atoms with Gasteiger partial charge in [0, 0.05) is 25.7 Å². The Bertz CT molecular complexity index is 2010. The molecule has 4 unspecified atom stereocenters. The van der Waals surface area contributed by atoms with Crippen molar-refractivity contribution in [2.45, 2.75) is 477 Å². The van der Waals surface area contributed by atoms with Crippen LogP contribution in [0.2, 0.25) is 0 Å². The highest BCUT2D eigenvalue weighted by molar-refractivity contribution is 7.47. The molecule has 0 aromatic heterocycles.